The zero-order valence-corrected chi connectivity index (χ0v) is 10.2. The molecular weight excluding hydrogens is 228 g/mol. The van der Waals surface area contributed by atoms with Crippen LogP contribution in [0.5, 0.6) is 0 Å². The first-order valence-corrected chi connectivity index (χ1v) is 5.37. The van der Waals surface area contributed by atoms with Gasteiger partial charge in [0.25, 0.3) is 5.88 Å². The molecule has 18 heavy (non-hydrogen) atoms. The smallest absolute Gasteiger partial charge is 0.259 e. The Balaban J connectivity index is 2.39. The molecule has 0 bridgehead atoms. The van der Waals surface area contributed by atoms with Gasteiger partial charge in [0, 0.05) is 19.7 Å². The van der Waals surface area contributed by atoms with Crippen LogP contribution in [0.3, 0.4) is 0 Å². The molecule has 1 heterocycles. The summed E-state index contributed by atoms with van der Waals surface area (Å²) in [5, 5.41) is 8.98. The summed E-state index contributed by atoms with van der Waals surface area (Å²) >= 11 is 0. The van der Waals surface area contributed by atoms with E-state index in [1.165, 1.54) is 0 Å². The van der Waals surface area contributed by atoms with Gasteiger partial charge < -0.3 is 9.32 Å². The Morgan fingerprint density at radius 2 is 2.06 bits per heavy atom. The van der Waals surface area contributed by atoms with E-state index in [0.29, 0.717) is 5.89 Å². The first-order valence-electron chi connectivity index (χ1n) is 5.37. The van der Waals surface area contributed by atoms with E-state index in [4.69, 9.17) is 9.68 Å². The summed E-state index contributed by atoms with van der Waals surface area (Å²) in [6.07, 6.45) is 1.57. The third-order valence-electron chi connectivity index (χ3n) is 2.14. The zero-order chi connectivity index (χ0) is 13.0. The Labute approximate surface area is 105 Å². The molecule has 0 fully saturated rings. The minimum Gasteiger partial charge on any atom is -0.417 e. The van der Waals surface area contributed by atoms with Crippen molar-refractivity contribution in [2.75, 3.05) is 14.1 Å². The number of hydrogen-bond donors (Lipinski definition) is 0. The molecule has 0 aliphatic rings. The topological polar surface area (TPSA) is 65.4 Å². The monoisotopic (exact) mass is 240 g/mol. The van der Waals surface area contributed by atoms with Crippen LogP contribution in [-0.2, 0) is 0 Å². The molecule has 1 aromatic carbocycles. The normalized spacial score (nSPS) is 10.5. The molecule has 0 atom stereocenters. The molecule has 0 N–H and O–H groups in total. The van der Waals surface area contributed by atoms with Crippen LogP contribution in [-0.4, -0.2) is 30.3 Å². The van der Waals surface area contributed by atoms with Crippen LogP contribution >= 0.6 is 0 Å². The molecule has 1 aromatic heterocycles. The van der Waals surface area contributed by atoms with E-state index in [1.54, 1.807) is 11.2 Å². The second-order valence-corrected chi connectivity index (χ2v) is 3.86. The molecule has 2 aromatic rings. The fourth-order valence-electron chi connectivity index (χ4n) is 1.34. The summed E-state index contributed by atoms with van der Waals surface area (Å²) in [7, 11) is 3.67. The van der Waals surface area contributed by atoms with E-state index >= 15 is 0 Å². The fourth-order valence-corrected chi connectivity index (χ4v) is 1.34. The molecule has 0 aliphatic heterocycles. The average Bonchev–Trinajstić information content (AvgIpc) is 2.80. The van der Waals surface area contributed by atoms with Crippen LogP contribution in [0.2, 0.25) is 0 Å². The molecule has 0 saturated carbocycles. The first-order chi connectivity index (χ1) is 8.70. The maximum atomic E-state index is 8.98. The van der Waals surface area contributed by atoms with Gasteiger partial charge in [-0.25, -0.2) is 4.99 Å². The van der Waals surface area contributed by atoms with Gasteiger partial charge in [0.2, 0.25) is 11.6 Å². The predicted molar refractivity (Wildman–Crippen MR) is 68.5 cm³/mol. The molecule has 0 saturated heterocycles. The largest absolute Gasteiger partial charge is 0.417 e. The third kappa shape index (κ3) is 2.55. The van der Waals surface area contributed by atoms with Crippen molar-refractivity contribution in [2.24, 2.45) is 4.99 Å². The minimum atomic E-state index is 0.187. The lowest BCUT2D eigenvalue weighted by Crippen LogP contribution is -2.06. The minimum absolute atomic E-state index is 0.187. The Kier molecular flexibility index (Phi) is 3.39. The van der Waals surface area contributed by atoms with Gasteiger partial charge in [-0.3, -0.25) is 0 Å². The molecule has 2 rings (SSSR count). The van der Waals surface area contributed by atoms with E-state index in [2.05, 4.69) is 9.98 Å². The number of nitrogens with zero attached hydrogens (tertiary/aromatic N) is 4. The lowest BCUT2D eigenvalue weighted by Gasteiger charge is -2.00. The van der Waals surface area contributed by atoms with E-state index in [-0.39, 0.29) is 11.6 Å². The van der Waals surface area contributed by atoms with Crippen LogP contribution in [0.4, 0.5) is 5.88 Å². The van der Waals surface area contributed by atoms with Crippen LogP contribution in [0.15, 0.2) is 39.7 Å². The van der Waals surface area contributed by atoms with E-state index in [9.17, 15) is 0 Å². The van der Waals surface area contributed by atoms with Gasteiger partial charge in [-0.2, -0.15) is 10.2 Å². The zero-order valence-electron chi connectivity index (χ0n) is 10.2. The third-order valence-corrected chi connectivity index (χ3v) is 2.14. The van der Waals surface area contributed by atoms with Crippen molar-refractivity contribution in [3.05, 3.63) is 36.0 Å². The van der Waals surface area contributed by atoms with Crippen molar-refractivity contribution in [3.63, 3.8) is 0 Å². The molecule has 0 spiro atoms. The van der Waals surface area contributed by atoms with Gasteiger partial charge >= 0.3 is 0 Å². The number of nitriles is 1. The van der Waals surface area contributed by atoms with Crippen molar-refractivity contribution in [2.45, 2.75) is 0 Å². The second kappa shape index (κ2) is 5.15. The number of oxazole rings is 1. The van der Waals surface area contributed by atoms with Gasteiger partial charge in [-0.15, -0.1) is 0 Å². The average molecular weight is 240 g/mol. The number of benzene rings is 1. The summed E-state index contributed by atoms with van der Waals surface area (Å²) in [6.45, 7) is 0. The SMILES string of the molecule is CN(C)/C=N/c1oc(-c2ccccc2)nc1C#N. The lowest BCUT2D eigenvalue weighted by molar-refractivity contribution is 0.579. The number of aromatic nitrogens is 1. The van der Waals surface area contributed by atoms with Crippen molar-refractivity contribution < 1.29 is 4.42 Å². The summed E-state index contributed by atoms with van der Waals surface area (Å²) in [5.74, 6) is 0.628. The standard InChI is InChI=1S/C13H12N4O/c1-17(2)9-15-13-11(8-14)16-12(18-13)10-6-4-3-5-7-10/h3-7,9H,1-2H3/b15-9+. The molecule has 0 radical (unpaired) electrons. The number of aliphatic imine (C=N–C) groups is 1. The molecule has 5 nitrogen and oxygen atoms in total. The highest BCUT2D eigenvalue weighted by Gasteiger charge is 2.13. The van der Waals surface area contributed by atoms with Crippen LogP contribution in [0, 0.1) is 11.3 Å². The summed E-state index contributed by atoms with van der Waals surface area (Å²) in [4.78, 5) is 9.94. The summed E-state index contributed by atoms with van der Waals surface area (Å²) < 4.78 is 5.48. The van der Waals surface area contributed by atoms with Crippen LogP contribution in [0.1, 0.15) is 5.69 Å². The first kappa shape index (κ1) is 11.9. The molecule has 0 amide bonds. The predicted octanol–water partition coefficient (Wildman–Crippen LogP) is 2.43. The fraction of sp³-hybridized carbons (Fsp3) is 0.154. The highest BCUT2D eigenvalue weighted by molar-refractivity contribution is 5.63. The Morgan fingerprint density at radius 1 is 1.33 bits per heavy atom. The maximum absolute atomic E-state index is 8.98. The molecule has 90 valence electrons. The van der Waals surface area contributed by atoms with Gasteiger partial charge in [0.15, 0.2) is 0 Å². The van der Waals surface area contributed by atoms with Crippen molar-refractivity contribution in [1.29, 1.82) is 5.26 Å². The Bertz CT molecular complexity index is 593. The molecular formula is C13H12N4O. The second-order valence-electron chi connectivity index (χ2n) is 3.86. The maximum Gasteiger partial charge on any atom is 0.259 e. The van der Waals surface area contributed by atoms with Crippen LogP contribution in [0.25, 0.3) is 11.5 Å². The van der Waals surface area contributed by atoms with Crippen LogP contribution < -0.4 is 0 Å². The highest BCUT2D eigenvalue weighted by Crippen LogP contribution is 2.26. The summed E-state index contributed by atoms with van der Waals surface area (Å²) in [5.41, 5.74) is 1.01. The lowest BCUT2D eigenvalue weighted by atomic mass is 10.2. The van der Waals surface area contributed by atoms with E-state index in [0.717, 1.165) is 5.56 Å². The van der Waals surface area contributed by atoms with Gasteiger partial charge in [0.05, 0.1) is 6.34 Å². The van der Waals surface area contributed by atoms with Crippen molar-refractivity contribution >= 4 is 12.2 Å². The molecule has 0 aliphatic carbocycles. The van der Waals surface area contributed by atoms with Gasteiger partial charge in [-0.05, 0) is 12.1 Å². The van der Waals surface area contributed by atoms with E-state index in [1.807, 2.05) is 50.5 Å². The van der Waals surface area contributed by atoms with Crippen molar-refractivity contribution in [3.8, 4) is 17.5 Å². The quantitative estimate of drug-likeness (QED) is 0.610. The van der Waals surface area contributed by atoms with Crippen molar-refractivity contribution in [1.82, 2.24) is 9.88 Å². The number of hydrogen-bond acceptors (Lipinski definition) is 4. The van der Waals surface area contributed by atoms with E-state index < -0.39 is 0 Å². The van der Waals surface area contributed by atoms with Gasteiger partial charge in [0.1, 0.15) is 6.07 Å². The molecule has 5 heteroatoms. The molecule has 0 unspecified atom stereocenters. The highest BCUT2D eigenvalue weighted by atomic mass is 16.4. The Hall–Kier alpha value is -2.61. The van der Waals surface area contributed by atoms with Gasteiger partial charge in [-0.1, -0.05) is 18.2 Å². The Morgan fingerprint density at radius 3 is 2.67 bits per heavy atom. The summed E-state index contributed by atoms with van der Waals surface area (Å²) in [6, 6.07) is 11.4. The number of rotatable bonds is 3.